The molecule has 4 N–H and O–H groups in total. The zero-order valence-corrected chi connectivity index (χ0v) is 10.6. The van der Waals surface area contributed by atoms with Crippen LogP contribution in [0.2, 0.25) is 0 Å². The summed E-state index contributed by atoms with van der Waals surface area (Å²) in [6.07, 6.45) is 4.65. The molecule has 1 aliphatic rings. The highest BCUT2D eigenvalue weighted by atomic mass is 16.3. The second-order valence-electron chi connectivity index (χ2n) is 4.94. The molecule has 3 rings (SSSR count). The SMILES string of the molecule is Nc1ccc2occ(CCNC(=O)NC3CC3)c2c1. The van der Waals surface area contributed by atoms with Crippen LogP contribution in [0.3, 0.4) is 0 Å². The molecule has 1 aromatic carbocycles. The van der Waals surface area contributed by atoms with Gasteiger partial charge in [0.1, 0.15) is 5.58 Å². The Hall–Kier alpha value is -2.17. The van der Waals surface area contributed by atoms with Crippen molar-refractivity contribution < 1.29 is 9.21 Å². The smallest absolute Gasteiger partial charge is 0.315 e. The molecule has 0 spiro atoms. The van der Waals surface area contributed by atoms with Crippen LogP contribution in [-0.2, 0) is 6.42 Å². The van der Waals surface area contributed by atoms with E-state index in [1.165, 1.54) is 0 Å². The highest BCUT2D eigenvalue weighted by molar-refractivity contribution is 5.84. The number of amides is 2. The van der Waals surface area contributed by atoms with Gasteiger partial charge in [-0.1, -0.05) is 0 Å². The fourth-order valence-corrected chi connectivity index (χ4v) is 2.07. The van der Waals surface area contributed by atoms with Gasteiger partial charge in [-0.25, -0.2) is 4.79 Å². The highest BCUT2D eigenvalue weighted by Crippen LogP contribution is 2.23. The van der Waals surface area contributed by atoms with E-state index in [-0.39, 0.29) is 6.03 Å². The van der Waals surface area contributed by atoms with E-state index in [0.717, 1.165) is 41.5 Å². The van der Waals surface area contributed by atoms with Crippen molar-refractivity contribution in [3.05, 3.63) is 30.0 Å². The maximum Gasteiger partial charge on any atom is 0.315 e. The van der Waals surface area contributed by atoms with Crippen LogP contribution in [0.5, 0.6) is 0 Å². The van der Waals surface area contributed by atoms with Crippen molar-refractivity contribution in [1.29, 1.82) is 0 Å². The molecule has 1 heterocycles. The minimum Gasteiger partial charge on any atom is -0.464 e. The van der Waals surface area contributed by atoms with Gasteiger partial charge in [0, 0.05) is 29.2 Å². The Morgan fingerprint density at radius 1 is 1.42 bits per heavy atom. The minimum atomic E-state index is -0.0881. The molecule has 2 aromatic rings. The zero-order chi connectivity index (χ0) is 13.2. The summed E-state index contributed by atoms with van der Waals surface area (Å²) in [5, 5.41) is 6.75. The monoisotopic (exact) mass is 259 g/mol. The Morgan fingerprint density at radius 3 is 3.05 bits per heavy atom. The van der Waals surface area contributed by atoms with Gasteiger partial charge in [0.15, 0.2) is 0 Å². The van der Waals surface area contributed by atoms with Gasteiger partial charge < -0.3 is 20.8 Å². The first-order valence-electron chi connectivity index (χ1n) is 6.52. The van der Waals surface area contributed by atoms with Crippen LogP contribution >= 0.6 is 0 Å². The molecule has 1 aliphatic carbocycles. The summed E-state index contributed by atoms with van der Waals surface area (Å²) in [5.41, 5.74) is 8.38. The Balaban J connectivity index is 1.58. The number of benzene rings is 1. The predicted octanol–water partition coefficient (Wildman–Crippen LogP) is 2.02. The third kappa shape index (κ3) is 2.81. The number of rotatable bonds is 4. The van der Waals surface area contributed by atoms with Crippen molar-refractivity contribution in [3.8, 4) is 0 Å². The van der Waals surface area contributed by atoms with Crippen molar-refractivity contribution in [2.75, 3.05) is 12.3 Å². The summed E-state index contributed by atoms with van der Waals surface area (Å²) in [5.74, 6) is 0. The Kier molecular flexibility index (Phi) is 3.03. The lowest BCUT2D eigenvalue weighted by Gasteiger charge is -2.05. The summed E-state index contributed by atoms with van der Waals surface area (Å²) >= 11 is 0. The molecular formula is C14H17N3O2. The van der Waals surface area contributed by atoms with Crippen LogP contribution in [0.4, 0.5) is 10.5 Å². The first kappa shape index (κ1) is 11.9. The molecule has 0 atom stereocenters. The van der Waals surface area contributed by atoms with Crippen molar-refractivity contribution in [2.24, 2.45) is 0 Å². The second kappa shape index (κ2) is 4.84. The largest absolute Gasteiger partial charge is 0.464 e. The number of nitrogens with one attached hydrogen (secondary N) is 2. The van der Waals surface area contributed by atoms with Gasteiger partial charge >= 0.3 is 6.03 Å². The molecular weight excluding hydrogens is 242 g/mol. The Bertz CT molecular complexity index is 602. The Morgan fingerprint density at radius 2 is 2.26 bits per heavy atom. The van der Waals surface area contributed by atoms with Gasteiger partial charge in [-0.05, 0) is 37.5 Å². The molecule has 1 aromatic heterocycles. The second-order valence-corrected chi connectivity index (χ2v) is 4.94. The van der Waals surface area contributed by atoms with Crippen molar-refractivity contribution in [2.45, 2.75) is 25.3 Å². The average Bonchev–Trinajstić information content (AvgIpc) is 3.10. The molecule has 0 saturated heterocycles. The maximum absolute atomic E-state index is 11.5. The summed E-state index contributed by atoms with van der Waals surface area (Å²) in [7, 11) is 0. The van der Waals surface area contributed by atoms with Crippen molar-refractivity contribution in [1.82, 2.24) is 10.6 Å². The lowest BCUT2D eigenvalue weighted by atomic mass is 10.1. The normalized spacial score (nSPS) is 14.5. The zero-order valence-electron chi connectivity index (χ0n) is 10.6. The van der Waals surface area contributed by atoms with E-state index in [0.29, 0.717) is 12.6 Å². The lowest BCUT2D eigenvalue weighted by molar-refractivity contribution is 0.240. The van der Waals surface area contributed by atoms with Gasteiger partial charge in [-0.3, -0.25) is 0 Å². The number of furan rings is 1. The summed E-state index contributed by atoms with van der Waals surface area (Å²) in [6.45, 7) is 0.585. The number of anilines is 1. The molecule has 1 saturated carbocycles. The maximum atomic E-state index is 11.5. The number of nitrogens with two attached hydrogens (primary N) is 1. The van der Waals surface area contributed by atoms with Gasteiger partial charge in [-0.15, -0.1) is 0 Å². The van der Waals surface area contributed by atoms with E-state index in [2.05, 4.69) is 10.6 Å². The van der Waals surface area contributed by atoms with E-state index in [1.807, 2.05) is 18.2 Å². The van der Waals surface area contributed by atoms with E-state index in [1.54, 1.807) is 6.26 Å². The van der Waals surface area contributed by atoms with E-state index >= 15 is 0 Å². The van der Waals surface area contributed by atoms with Crippen LogP contribution in [0.25, 0.3) is 11.0 Å². The van der Waals surface area contributed by atoms with E-state index in [4.69, 9.17) is 10.2 Å². The van der Waals surface area contributed by atoms with Crippen LogP contribution in [-0.4, -0.2) is 18.6 Å². The standard InChI is InChI=1S/C14H17N3O2/c15-10-1-4-13-12(7-10)9(8-19-13)5-6-16-14(18)17-11-2-3-11/h1,4,7-8,11H,2-3,5-6,15H2,(H2,16,17,18). The van der Waals surface area contributed by atoms with Crippen molar-refractivity contribution in [3.63, 3.8) is 0 Å². The number of nitrogen functional groups attached to an aromatic ring is 1. The molecule has 0 radical (unpaired) electrons. The fourth-order valence-electron chi connectivity index (χ4n) is 2.07. The van der Waals surface area contributed by atoms with E-state index in [9.17, 15) is 4.79 Å². The fraction of sp³-hybridized carbons (Fsp3) is 0.357. The third-order valence-corrected chi connectivity index (χ3v) is 3.27. The van der Waals surface area contributed by atoms with E-state index < -0.39 is 0 Å². The molecule has 5 heteroatoms. The van der Waals surface area contributed by atoms with Gasteiger partial charge in [0.25, 0.3) is 0 Å². The third-order valence-electron chi connectivity index (χ3n) is 3.27. The van der Waals surface area contributed by atoms with Crippen molar-refractivity contribution >= 4 is 22.7 Å². The van der Waals surface area contributed by atoms with Crippen LogP contribution in [0.1, 0.15) is 18.4 Å². The molecule has 1 fully saturated rings. The molecule has 0 unspecified atom stereocenters. The van der Waals surface area contributed by atoms with Crippen LogP contribution in [0.15, 0.2) is 28.9 Å². The molecule has 0 aliphatic heterocycles. The summed E-state index contributed by atoms with van der Waals surface area (Å²) in [6, 6.07) is 5.88. The molecule has 0 bridgehead atoms. The summed E-state index contributed by atoms with van der Waals surface area (Å²) < 4.78 is 5.45. The number of carbonyl (C=O) groups excluding carboxylic acids is 1. The number of fused-ring (bicyclic) bond motifs is 1. The number of urea groups is 1. The van der Waals surface area contributed by atoms with Crippen LogP contribution in [0, 0.1) is 0 Å². The topological polar surface area (TPSA) is 80.3 Å². The van der Waals surface area contributed by atoms with Crippen LogP contribution < -0.4 is 16.4 Å². The number of carbonyl (C=O) groups is 1. The predicted molar refractivity (Wildman–Crippen MR) is 73.9 cm³/mol. The quantitative estimate of drug-likeness (QED) is 0.735. The first-order chi connectivity index (χ1) is 9.22. The average molecular weight is 259 g/mol. The molecule has 2 amide bonds. The lowest BCUT2D eigenvalue weighted by Crippen LogP contribution is -2.37. The molecule has 100 valence electrons. The highest BCUT2D eigenvalue weighted by Gasteiger charge is 2.22. The number of hydrogen-bond donors (Lipinski definition) is 3. The van der Waals surface area contributed by atoms with Gasteiger partial charge in [0.2, 0.25) is 0 Å². The minimum absolute atomic E-state index is 0.0881. The molecule has 5 nitrogen and oxygen atoms in total. The molecule has 19 heavy (non-hydrogen) atoms. The summed E-state index contributed by atoms with van der Waals surface area (Å²) in [4.78, 5) is 11.5. The van der Waals surface area contributed by atoms with Gasteiger partial charge in [-0.2, -0.15) is 0 Å². The Labute approximate surface area is 111 Å². The number of hydrogen-bond acceptors (Lipinski definition) is 3. The first-order valence-corrected chi connectivity index (χ1v) is 6.52. The van der Waals surface area contributed by atoms with Gasteiger partial charge in [0.05, 0.1) is 6.26 Å².